The Kier molecular flexibility index (Phi) is 5.24. The number of benzene rings is 1. The first-order valence-corrected chi connectivity index (χ1v) is 8.31. The fourth-order valence-electron chi connectivity index (χ4n) is 3.24. The van der Waals surface area contributed by atoms with Crippen molar-refractivity contribution in [2.24, 2.45) is 0 Å². The maximum Gasteiger partial charge on any atom is 0.289 e. The van der Waals surface area contributed by atoms with Crippen molar-refractivity contribution >= 4 is 11.5 Å². The number of imidazole rings is 1. The molecule has 0 radical (unpaired) electrons. The summed E-state index contributed by atoms with van der Waals surface area (Å²) in [6.45, 7) is 0.338. The number of nitrogens with zero attached hydrogens (tertiary/aromatic N) is 3. The maximum absolute atomic E-state index is 12.5. The minimum absolute atomic E-state index is 0.0222. The van der Waals surface area contributed by atoms with Gasteiger partial charge >= 0.3 is 0 Å². The molecule has 0 saturated carbocycles. The predicted molar refractivity (Wildman–Crippen MR) is 93.1 cm³/mol. The third-order valence-electron chi connectivity index (χ3n) is 4.43. The van der Waals surface area contributed by atoms with Crippen LogP contribution in [0.1, 0.15) is 12.0 Å². The molecule has 0 fully saturated rings. The summed E-state index contributed by atoms with van der Waals surface area (Å²) in [4.78, 5) is 17.8. The van der Waals surface area contributed by atoms with Crippen LogP contribution in [0.4, 0.5) is 0 Å². The zero-order chi connectivity index (χ0) is 18.7. The molecule has 1 amide bonds. The Morgan fingerprint density at radius 1 is 1.23 bits per heavy atom. The normalized spacial score (nSPS) is 18.6. The Balaban J connectivity index is 1.85. The van der Waals surface area contributed by atoms with E-state index in [1.807, 2.05) is 4.57 Å². The molecule has 0 aliphatic carbocycles. The zero-order valence-electron chi connectivity index (χ0n) is 14.1. The first-order chi connectivity index (χ1) is 12.5. The van der Waals surface area contributed by atoms with Crippen molar-refractivity contribution in [3.05, 3.63) is 54.3 Å². The number of rotatable bonds is 7. The number of amides is 1. The van der Waals surface area contributed by atoms with Gasteiger partial charge in [0.25, 0.3) is 5.91 Å². The van der Waals surface area contributed by atoms with Crippen molar-refractivity contribution < 1.29 is 25.2 Å². The van der Waals surface area contributed by atoms with E-state index in [0.717, 1.165) is 0 Å². The monoisotopic (exact) mass is 359 g/mol. The number of aromatic nitrogens is 2. The molecule has 1 aliphatic heterocycles. The second-order valence-electron chi connectivity index (χ2n) is 6.16. The first-order valence-electron chi connectivity index (χ1n) is 8.31. The average Bonchev–Trinajstić information content (AvgIpc) is 3.23. The van der Waals surface area contributed by atoms with Crippen LogP contribution in [-0.2, 0) is 11.3 Å². The number of hydrogen-bond donors (Lipinski definition) is 4. The van der Waals surface area contributed by atoms with Crippen LogP contribution in [0.25, 0.3) is 5.57 Å². The minimum atomic E-state index is -1.26. The summed E-state index contributed by atoms with van der Waals surface area (Å²) < 4.78 is 1.86. The van der Waals surface area contributed by atoms with Crippen LogP contribution < -0.4 is 0 Å². The molecule has 1 aliphatic rings. The summed E-state index contributed by atoms with van der Waals surface area (Å²) in [5, 5.41) is 39.8. The Labute approximate surface area is 150 Å². The van der Waals surface area contributed by atoms with E-state index in [2.05, 4.69) is 4.98 Å². The largest absolute Gasteiger partial charge is 0.508 e. The molecular weight excluding hydrogens is 338 g/mol. The van der Waals surface area contributed by atoms with Gasteiger partial charge in [-0.1, -0.05) is 12.1 Å². The highest BCUT2D eigenvalue weighted by Gasteiger charge is 2.43. The van der Waals surface area contributed by atoms with Crippen molar-refractivity contribution in [3.63, 3.8) is 0 Å². The van der Waals surface area contributed by atoms with Crippen LogP contribution in [0.5, 0.6) is 5.75 Å². The van der Waals surface area contributed by atoms with Crippen molar-refractivity contribution in [1.29, 1.82) is 0 Å². The molecule has 0 saturated heterocycles. The maximum atomic E-state index is 12.5. The van der Waals surface area contributed by atoms with Crippen LogP contribution in [0.3, 0.4) is 0 Å². The number of aromatic hydroxyl groups is 1. The van der Waals surface area contributed by atoms with Crippen LogP contribution in [0, 0.1) is 0 Å². The number of phenols is 1. The lowest BCUT2D eigenvalue weighted by Crippen LogP contribution is -2.45. The number of phenolic OH excluding ortho intramolecular Hbond substituents is 1. The van der Waals surface area contributed by atoms with Gasteiger partial charge in [0, 0.05) is 31.1 Å². The molecule has 1 aromatic heterocycles. The summed E-state index contributed by atoms with van der Waals surface area (Å²) in [6, 6.07) is 5.20. The molecule has 2 atom stereocenters. The highest BCUT2D eigenvalue weighted by Crippen LogP contribution is 2.35. The summed E-state index contributed by atoms with van der Waals surface area (Å²) >= 11 is 0. The quantitative estimate of drug-likeness (QED) is 0.572. The first kappa shape index (κ1) is 18.0. The SMILES string of the molecule is O=C1C(O)=C(c2cccc(O)c2)C(C(O)CO)N1CCCn1ccnc1. The second kappa shape index (κ2) is 7.59. The highest BCUT2D eigenvalue weighted by molar-refractivity contribution is 6.05. The van der Waals surface area contributed by atoms with E-state index in [9.17, 15) is 25.2 Å². The molecule has 2 heterocycles. The fourth-order valence-corrected chi connectivity index (χ4v) is 3.24. The Bertz CT molecular complexity index is 803. The third kappa shape index (κ3) is 3.42. The van der Waals surface area contributed by atoms with Gasteiger partial charge in [0.2, 0.25) is 0 Å². The lowest BCUT2D eigenvalue weighted by molar-refractivity contribution is -0.131. The van der Waals surface area contributed by atoms with E-state index in [1.54, 1.807) is 30.9 Å². The van der Waals surface area contributed by atoms with Crippen LogP contribution in [0.2, 0.25) is 0 Å². The van der Waals surface area contributed by atoms with E-state index < -0.39 is 30.4 Å². The molecule has 3 rings (SSSR count). The molecule has 0 spiro atoms. The van der Waals surface area contributed by atoms with Gasteiger partial charge in [-0.15, -0.1) is 0 Å². The molecule has 8 nitrogen and oxygen atoms in total. The molecule has 138 valence electrons. The number of aliphatic hydroxyl groups is 3. The Hall–Kier alpha value is -2.84. The number of carbonyl (C=O) groups is 1. The molecule has 26 heavy (non-hydrogen) atoms. The van der Waals surface area contributed by atoms with Crippen molar-refractivity contribution in [3.8, 4) is 5.75 Å². The molecule has 2 aromatic rings. The summed E-state index contributed by atoms with van der Waals surface area (Å²) in [6.07, 6.45) is 4.46. The number of hydrogen-bond acceptors (Lipinski definition) is 6. The van der Waals surface area contributed by atoms with Gasteiger partial charge in [-0.05, 0) is 24.1 Å². The van der Waals surface area contributed by atoms with Crippen molar-refractivity contribution in [2.45, 2.75) is 25.1 Å². The van der Waals surface area contributed by atoms with Gasteiger partial charge in [-0.2, -0.15) is 0 Å². The highest BCUT2D eigenvalue weighted by atomic mass is 16.3. The lowest BCUT2D eigenvalue weighted by Gasteiger charge is -2.30. The van der Waals surface area contributed by atoms with E-state index in [0.29, 0.717) is 18.5 Å². The summed E-state index contributed by atoms with van der Waals surface area (Å²) in [5.41, 5.74) is 0.626. The molecular formula is C18H21N3O5. The van der Waals surface area contributed by atoms with Crippen molar-refractivity contribution in [2.75, 3.05) is 13.2 Å². The van der Waals surface area contributed by atoms with Crippen LogP contribution in [-0.4, -0.2) is 66.1 Å². The van der Waals surface area contributed by atoms with Gasteiger partial charge in [-0.25, -0.2) is 4.98 Å². The number of carbonyl (C=O) groups excluding carboxylic acids is 1. The molecule has 8 heteroatoms. The van der Waals surface area contributed by atoms with Crippen molar-refractivity contribution in [1.82, 2.24) is 14.5 Å². The fraction of sp³-hybridized carbons (Fsp3) is 0.333. The molecule has 1 aromatic carbocycles. The van der Waals surface area contributed by atoms with E-state index in [1.165, 1.54) is 17.0 Å². The smallest absolute Gasteiger partial charge is 0.289 e. The van der Waals surface area contributed by atoms with E-state index >= 15 is 0 Å². The lowest BCUT2D eigenvalue weighted by atomic mass is 9.95. The number of aliphatic hydroxyl groups excluding tert-OH is 3. The predicted octanol–water partition coefficient (Wildman–Crippen LogP) is 0.512. The number of aryl methyl sites for hydroxylation is 1. The molecule has 4 N–H and O–H groups in total. The summed E-state index contributed by atoms with van der Waals surface area (Å²) in [7, 11) is 0. The summed E-state index contributed by atoms with van der Waals surface area (Å²) in [5.74, 6) is -1.10. The van der Waals surface area contributed by atoms with E-state index in [-0.39, 0.29) is 17.9 Å². The van der Waals surface area contributed by atoms with Crippen LogP contribution >= 0.6 is 0 Å². The van der Waals surface area contributed by atoms with Gasteiger partial charge < -0.3 is 29.9 Å². The zero-order valence-corrected chi connectivity index (χ0v) is 14.1. The van der Waals surface area contributed by atoms with Gasteiger partial charge in [0.1, 0.15) is 11.9 Å². The van der Waals surface area contributed by atoms with Gasteiger partial charge in [0.15, 0.2) is 5.76 Å². The van der Waals surface area contributed by atoms with Gasteiger partial charge in [-0.3, -0.25) is 4.79 Å². The third-order valence-corrected chi connectivity index (χ3v) is 4.43. The average molecular weight is 359 g/mol. The van der Waals surface area contributed by atoms with Crippen LogP contribution in [0.15, 0.2) is 48.7 Å². The second-order valence-corrected chi connectivity index (χ2v) is 6.16. The standard InChI is InChI=1S/C18H21N3O5/c22-10-14(24)16-15(12-3-1-4-13(23)9-12)17(25)18(26)21(16)7-2-6-20-8-5-19-11-20/h1,3-5,8-9,11,14,16,22-25H,2,6-7,10H2. The topological polar surface area (TPSA) is 119 Å². The Morgan fingerprint density at radius 2 is 2.04 bits per heavy atom. The Morgan fingerprint density at radius 3 is 2.69 bits per heavy atom. The minimum Gasteiger partial charge on any atom is -0.508 e. The van der Waals surface area contributed by atoms with Gasteiger partial charge in [0.05, 0.1) is 19.0 Å². The molecule has 2 unspecified atom stereocenters. The van der Waals surface area contributed by atoms with E-state index in [4.69, 9.17) is 0 Å². The molecule has 0 bridgehead atoms.